The smallest absolute Gasteiger partial charge is 0.428 e. The highest BCUT2D eigenvalue weighted by molar-refractivity contribution is 5.87. The molecule has 0 aromatic heterocycles. The summed E-state index contributed by atoms with van der Waals surface area (Å²) in [6.07, 6.45) is -0.739. The standard InChI is InChI=1S/C37H46N4O7/c1-6-41(40(5)36(45)47-24-26-16-8-7-9-17-26)33(42)32(22-14-15-23-38-34(43)48-37(2,3)4)39-35(44)46-25-31-29-20-12-10-18-27(29)28-19-11-13-21-30(28)31/h7-13,16-21,31-32H,6,14-15,22-25H2,1-5H3,(H,38,43)(H,39,44). The number of fused-ring (bicyclic) bond motifs is 3. The first-order chi connectivity index (χ1) is 23.0. The number of carbonyl (C=O) groups is 4. The van der Waals surface area contributed by atoms with Gasteiger partial charge >= 0.3 is 18.3 Å². The molecule has 0 spiro atoms. The van der Waals surface area contributed by atoms with Crippen LogP contribution in [0.3, 0.4) is 0 Å². The van der Waals surface area contributed by atoms with E-state index in [0.29, 0.717) is 19.4 Å². The fraction of sp³-hybridized carbons (Fsp3) is 0.405. The minimum atomic E-state index is -1.01. The maximum atomic E-state index is 13.9. The Morgan fingerprint density at radius 2 is 1.42 bits per heavy atom. The van der Waals surface area contributed by atoms with Crippen LogP contribution in [0.1, 0.15) is 69.6 Å². The van der Waals surface area contributed by atoms with Crippen molar-refractivity contribution in [1.82, 2.24) is 20.7 Å². The number of nitrogens with one attached hydrogen (secondary N) is 2. The third-order valence-electron chi connectivity index (χ3n) is 7.91. The molecule has 0 heterocycles. The molecule has 0 saturated carbocycles. The van der Waals surface area contributed by atoms with Crippen molar-refractivity contribution in [3.8, 4) is 11.1 Å². The number of hydrazine groups is 1. The number of ether oxygens (including phenoxy) is 3. The van der Waals surface area contributed by atoms with Gasteiger partial charge in [-0.1, -0.05) is 78.9 Å². The third kappa shape index (κ3) is 9.73. The van der Waals surface area contributed by atoms with Crippen LogP contribution in [0, 0.1) is 0 Å². The fourth-order valence-electron chi connectivity index (χ4n) is 5.62. The van der Waals surface area contributed by atoms with Crippen LogP contribution in [0.2, 0.25) is 0 Å². The Hall–Kier alpha value is -5.06. The summed E-state index contributed by atoms with van der Waals surface area (Å²) in [5.74, 6) is -0.640. The van der Waals surface area contributed by atoms with Gasteiger partial charge in [-0.05, 0) is 74.8 Å². The number of unbranched alkanes of at least 4 members (excludes halogenated alkanes) is 1. The zero-order valence-corrected chi connectivity index (χ0v) is 28.4. The highest BCUT2D eigenvalue weighted by Crippen LogP contribution is 2.44. The maximum Gasteiger partial charge on any atom is 0.428 e. The van der Waals surface area contributed by atoms with Crippen LogP contribution < -0.4 is 10.6 Å². The lowest BCUT2D eigenvalue weighted by Gasteiger charge is -2.33. The summed E-state index contributed by atoms with van der Waals surface area (Å²) in [5.41, 5.74) is 4.55. The zero-order chi connectivity index (χ0) is 34.7. The molecule has 11 heteroatoms. The molecule has 3 aromatic rings. The molecule has 256 valence electrons. The summed E-state index contributed by atoms with van der Waals surface area (Å²) in [7, 11) is 1.45. The molecule has 4 rings (SSSR count). The molecule has 3 aromatic carbocycles. The SMILES string of the molecule is CCN(C(=O)C(CCCCNC(=O)OC(C)(C)C)NC(=O)OCC1c2ccccc2-c2ccccc21)N(C)C(=O)OCc1ccccc1. The van der Waals surface area contributed by atoms with E-state index in [9.17, 15) is 19.2 Å². The number of likely N-dealkylation sites (N-methyl/N-ethyl adjacent to an activating group) is 1. The van der Waals surface area contributed by atoms with Crippen LogP contribution in [0.5, 0.6) is 0 Å². The molecule has 1 atom stereocenters. The summed E-state index contributed by atoms with van der Waals surface area (Å²) < 4.78 is 16.4. The van der Waals surface area contributed by atoms with E-state index in [1.54, 1.807) is 27.7 Å². The molecule has 2 N–H and O–H groups in total. The van der Waals surface area contributed by atoms with Gasteiger partial charge in [0, 0.05) is 26.1 Å². The van der Waals surface area contributed by atoms with Crippen LogP contribution in [-0.2, 0) is 25.6 Å². The van der Waals surface area contributed by atoms with Crippen molar-refractivity contribution in [2.75, 3.05) is 26.7 Å². The largest absolute Gasteiger partial charge is 0.449 e. The van der Waals surface area contributed by atoms with Gasteiger partial charge in [0.05, 0.1) is 0 Å². The van der Waals surface area contributed by atoms with Crippen molar-refractivity contribution in [3.05, 3.63) is 95.6 Å². The summed E-state index contributed by atoms with van der Waals surface area (Å²) >= 11 is 0. The molecule has 1 aliphatic carbocycles. The zero-order valence-electron chi connectivity index (χ0n) is 28.4. The lowest BCUT2D eigenvalue weighted by atomic mass is 9.98. The molecule has 4 amide bonds. The summed E-state index contributed by atoms with van der Waals surface area (Å²) in [5, 5.41) is 7.80. The van der Waals surface area contributed by atoms with Crippen molar-refractivity contribution in [3.63, 3.8) is 0 Å². The van der Waals surface area contributed by atoms with Gasteiger partial charge < -0.3 is 24.8 Å². The molecule has 11 nitrogen and oxygen atoms in total. The van der Waals surface area contributed by atoms with Crippen LogP contribution >= 0.6 is 0 Å². The van der Waals surface area contributed by atoms with Crippen LogP contribution in [-0.4, -0.2) is 72.6 Å². The number of hydrogen-bond donors (Lipinski definition) is 2. The normalized spacial score (nSPS) is 12.6. The van der Waals surface area contributed by atoms with Gasteiger partial charge in [-0.3, -0.25) is 4.79 Å². The van der Waals surface area contributed by atoms with Crippen molar-refractivity contribution >= 4 is 24.2 Å². The van der Waals surface area contributed by atoms with E-state index in [0.717, 1.165) is 32.8 Å². The Balaban J connectivity index is 1.40. The minimum absolute atomic E-state index is 0.0435. The average molecular weight is 659 g/mol. The molecule has 0 bridgehead atoms. The number of rotatable bonds is 12. The van der Waals surface area contributed by atoms with Gasteiger partial charge in [0.2, 0.25) is 0 Å². The van der Waals surface area contributed by atoms with Crippen molar-refractivity contribution in [2.24, 2.45) is 0 Å². The number of benzene rings is 3. The van der Waals surface area contributed by atoms with Gasteiger partial charge in [-0.2, -0.15) is 0 Å². The number of nitrogens with zero attached hydrogens (tertiary/aromatic N) is 2. The Morgan fingerprint density at radius 3 is 2.02 bits per heavy atom. The first kappa shape index (κ1) is 35.8. The summed E-state index contributed by atoms with van der Waals surface area (Å²) in [4.78, 5) is 52.1. The maximum absolute atomic E-state index is 13.9. The molecule has 0 radical (unpaired) electrons. The average Bonchev–Trinajstić information content (AvgIpc) is 3.38. The van der Waals surface area contributed by atoms with Gasteiger partial charge in [0.1, 0.15) is 24.9 Å². The van der Waals surface area contributed by atoms with Crippen molar-refractivity contribution in [1.29, 1.82) is 0 Å². The number of alkyl carbamates (subject to hydrolysis) is 2. The second-order valence-corrected chi connectivity index (χ2v) is 12.6. The van der Waals surface area contributed by atoms with E-state index < -0.39 is 35.8 Å². The van der Waals surface area contributed by atoms with E-state index in [2.05, 4.69) is 22.8 Å². The monoisotopic (exact) mass is 658 g/mol. The van der Waals surface area contributed by atoms with E-state index >= 15 is 0 Å². The van der Waals surface area contributed by atoms with E-state index in [1.165, 1.54) is 12.1 Å². The predicted molar refractivity (Wildman–Crippen MR) is 182 cm³/mol. The molecule has 0 fully saturated rings. The Morgan fingerprint density at radius 1 is 0.812 bits per heavy atom. The first-order valence-corrected chi connectivity index (χ1v) is 16.3. The van der Waals surface area contributed by atoms with Crippen LogP contribution in [0.4, 0.5) is 14.4 Å². The Bertz CT molecular complexity index is 1510. The van der Waals surface area contributed by atoms with Gasteiger partial charge in [-0.15, -0.1) is 0 Å². The number of carbonyl (C=O) groups excluding carboxylic acids is 4. The number of amides is 4. The van der Waals surface area contributed by atoms with Gasteiger partial charge in [-0.25, -0.2) is 24.4 Å². The molecule has 0 aliphatic heterocycles. The molecular formula is C37H46N4O7. The highest BCUT2D eigenvalue weighted by Gasteiger charge is 2.32. The van der Waals surface area contributed by atoms with Crippen molar-refractivity contribution < 1.29 is 33.4 Å². The third-order valence-corrected chi connectivity index (χ3v) is 7.91. The van der Waals surface area contributed by atoms with E-state index in [-0.39, 0.29) is 32.1 Å². The molecular weight excluding hydrogens is 612 g/mol. The minimum Gasteiger partial charge on any atom is -0.449 e. The molecule has 1 unspecified atom stereocenters. The molecule has 0 saturated heterocycles. The summed E-state index contributed by atoms with van der Waals surface area (Å²) in [6, 6.07) is 24.3. The highest BCUT2D eigenvalue weighted by atomic mass is 16.6. The second-order valence-electron chi connectivity index (χ2n) is 12.6. The van der Waals surface area contributed by atoms with Crippen LogP contribution in [0.15, 0.2) is 78.9 Å². The van der Waals surface area contributed by atoms with E-state index in [4.69, 9.17) is 14.2 Å². The predicted octanol–water partition coefficient (Wildman–Crippen LogP) is 6.62. The summed E-state index contributed by atoms with van der Waals surface area (Å²) in [6.45, 7) is 7.69. The van der Waals surface area contributed by atoms with E-state index in [1.807, 2.05) is 66.7 Å². The van der Waals surface area contributed by atoms with Crippen LogP contribution in [0.25, 0.3) is 11.1 Å². The Labute approximate surface area is 282 Å². The lowest BCUT2D eigenvalue weighted by molar-refractivity contribution is -0.146. The molecule has 1 aliphatic rings. The topological polar surface area (TPSA) is 127 Å². The molecule has 48 heavy (non-hydrogen) atoms. The van der Waals surface area contributed by atoms with Gasteiger partial charge in [0.25, 0.3) is 5.91 Å². The van der Waals surface area contributed by atoms with Gasteiger partial charge in [0.15, 0.2) is 0 Å². The first-order valence-electron chi connectivity index (χ1n) is 16.3. The Kier molecular flexibility index (Phi) is 12.4. The second kappa shape index (κ2) is 16.7. The fourth-order valence-corrected chi connectivity index (χ4v) is 5.62. The lowest BCUT2D eigenvalue weighted by Crippen LogP contribution is -2.55. The number of hydrogen-bond acceptors (Lipinski definition) is 7. The van der Waals surface area contributed by atoms with Crippen molar-refractivity contribution in [2.45, 2.75) is 71.1 Å². The quantitative estimate of drug-likeness (QED) is 0.127.